The molecule has 0 saturated carbocycles. The molecule has 0 aromatic heterocycles. The smallest absolute Gasteiger partial charge is 0.115 e. The monoisotopic (exact) mass is 186 g/mol. The summed E-state index contributed by atoms with van der Waals surface area (Å²) in [6.45, 7) is 0. The van der Waals surface area contributed by atoms with Gasteiger partial charge >= 0.3 is 0 Å². The largest absolute Gasteiger partial charge is 0.508 e. The Morgan fingerprint density at radius 2 is 2.21 bits per heavy atom. The number of benzene rings is 1. The standard InChI is InChI=1S/C13H14O/c14-13-8-4-7-12(10-13)9-11-5-2-1-3-6-11/h1-5,7-8,10-11,14H,6,9H2/t11-/m0/s1. The first-order valence-corrected chi connectivity index (χ1v) is 4.96. The first-order valence-electron chi connectivity index (χ1n) is 4.96. The zero-order chi connectivity index (χ0) is 9.80. The number of aromatic hydroxyl groups is 1. The topological polar surface area (TPSA) is 20.2 Å². The van der Waals surface area contributed by atoms with E-state index in [9.17, 15) is 5.11 Å². The van der Waals surface area contributed by atoms with Crippen molar-refractivity contribution in [2.24, 2.45) is 5.92 Å². The van der Waals surface area contributed by atoms with E-state index in [4.69, 9.17) is 0 Å². The Labute approximate surface area is 84.4 Å². The van der Waals surface area contributed by atoms with Gasteiger partial charge < -0.3 is 5.11 Å². The molecule has 1 N–H and O–H groups in total. The van der Waals surface area contributed by atoms with Gasteiger partial charge in [-0.25, -0.2) is 0 Å². The van der Waals surface area contributed by atoms with Gasteiger partial charge in [0.05, 0.1) is 0 Å². The molecule has 1 heteroatoms. The van der Waals surface area contributed by atoms with Crippen LogP contribution < -0.4 is 0 Å². The molecule has 1 aliphatic rings. The molecule has 1 atom stereocenters. The minimum absolute atomic E-state index is 0.359. The van der Waals surface area contributed by atoms with E-state index in [1.165, 1.54) is 5.56 Å². The summed E-state index contributed by atoms with van der Waals surface area (Å²) in [6.07, 6.45) is 10.7. The van der Waals surface area contributed by atoms with E-state index in [-0.39, 0.29) is 0 Å². The molecule has 0 spiro atoms. The van der Waals surface area contributed by atoms with Crippen molar-refractivity contribution in [3.8, 4) is 5.75 Å². The Morgan fingerprint density at radius 1 is 1.29 bits per heavy atom. The molecule has 1 aliphatic carbocycles. The van der Waals surface area contributed by atoms with Crippen molar-refractivity contribution >= 4 is 0 Å². The molecular weight excluding hydrogens is 172 g/mol. The first kappa shape index (κ1) is 9.07. The van der Waals surface area contributed by atoms with E-state index in [0.717, 1.165) is 12.8 Å². The Morgan fingerprint density at radius 3 is 2.93 bits per heavy atom. The van der Waals surface area contributed by atoms with Crippen molar-refractivity contribution in [1.29, 1.82) is 0 Å². The summed E-state index contributed by atoms with van der Waals surface area (Å²) in [7, 11) is 0. The van der Waals surface area contributed by atoms with Gasteiger partial charge in [-0.2, -0.15) is 0 Å². The second kappa shape index (κ2) is 4.14. The van der Waals surface area contributed by atoms with Crippen molar-refractivity contribution in [2.45, 2.75) is 12.8 Å². The van der Waals surface area contributed by atoms with Crippen LogP contribution in [0.1, 0.15) is 12.0 Å². The minimum Gasteiger partial charge on any atom is -0.508 e. The van der Waals surface area contributed by atoms with Gasteiger partial charge in [-0.3, -0.25) is 0 Å². The molecule has 1 nitrogen and oxygen atoms in total. The predicted molar refractivity (Wildman–Crippen MR) is 58.2 cm³/mol. The van der Waals surface area contributed by atoms with Crippen LogP contribution >= 0.6 is 0 Å². The fourth-order valence-electron chi connectivity index (χ4n) is 1.77. The van der Waals surface area contributed by atoms with Gasteiger partial charge in [0, 0.05) is 0 Å². The maximum Gasteiger partial charge on any atom is 0.115 e. The Bertz CT molecular complexity index is 363. The van der Waals surface area contributed by atoms with Crippen LogP contribution in [0.15, 0.2) is 48.6 Å². The molecular formula is C13H14O. The third kappa shape index (κ3) is 2.25. The van der Waals surface area contributed by atoms with E-state index in [2.05, 4.69) is 30.4 Å². The second-order valence-electron chi connectivity index (χ2n) is 3.68. The van der Waals surface area contributed by atoms with Crippen molar-refractivity contribution in [2.75, 3.05) is 0 Å². The van der Waals surface area contributed by atoms with Crippen LogP contribution in [0.25, 0.3) is 0 Å². The normalized spacial score (nSPS) is 19.9. The summed E-state index contributed by atoms with van der Waals surface area (Å²) in [5.41, 5.74) is 1.20. The van der Waals surface area contributed by atoms with Crippen molar-refractivity contribution in [3.05, 3.63) is 54.1 Å². The van der Waals surface area contributed by atoms with E-state index < -0.39 is 0 Å². The van der Waals surface area contributed by atoms with Gasteiger partial charge in [-0.05, 0) is 36.5 Å². The van der Waals surface area contributed by atoms with Gasteiger partial charge in [0.25, 0.3) is 0 Å². The summed E-state index contributed by atoms with van der Waals surface area (Å²) in [4.78, 5) is 0. The maximum absolute atomic E-state index is 9.31. The fourth-order valence-corrected chi connectivity index (χ4v) is 1.77. The van der Waals surface area contributed by atoms with Gasteiger partial charge in [-0.15, -0.1) is 0 Å². The molecule has 0 aliphatic heterocycles. The summed E-state index contributed by atoms with van der Waals surface area (Å²) in [5.74, 6) is 0.944. The SMILES string of the molecule is Oc1cccc(C[C@H]2C=CC=CC2)c1. The molecule has 0 bridgehead atoms. The lowest BCUT2D eigenvalue weighted by Crippen LogP contribution is -2.01. The van der Waals surface area contributed by atoms with Crippen LogP contribution in [-0.2, 0) is 6.42 Å². The van der Waals surface area contributed by atoms with Crippen LogP contribution in [0.5, 0.6) is 5.75 Å². The first-order chi connectivity index (χ1) is 6.84. The van der Waals surface area contributed by atoms with Gasteiger partial charge in [0.15, 0.2) is 0 Å². The predicted octanol–water partition coefficient (Wildman–Crippen LogP) is 3.07. The molecule has 0 heterocycles. The lowest BCUT2D eigenvalue weighted by Gasteiger charge is -2.12. The molecule has 2 rings (SSSR count). The minimum atomic E-state index is 0.359. The quantitative estimate of drug-likeness (QED) is 0.752. The molecule has 1 aromatic rings. The highest BCUT2D eigenvalue weighted by atomic mass is 16.3. The highest BCUT2D eigenvalue weighted by Crippen LogP contribution is 2.19. The van der Waals surface area contributed by atoms with Gasteiger partial charge in [-0.1, -0.05) is 36.4 Å². The third-order valence-corrected chi connectivity index (χ3v) is 2.48. The van der Waals surface area contributed by atoms with Crippen LogP contribution in [0.2, 0.25) is 0 Å². The number of rotatable bonds is 2. The average Bonchev–Trinajstić information content (AvgIpc) is 2.19. The number of phenolic OH excluding ortho intramolecular Hbond substituents is 1. The highest BCUT2D eigenvalue weighted by molar-refractivity contribution is 5.28. The van der Waals surface area contributed by atoms with Crippen LogP contribution in [0.3, 0.4) is 0 Å². The second-order valence-corrected chi connectivity index (χ2v) is 3.68. The molecule has 72 valence electrons. The zero-order valence-electron chi connectivity index (χ0n) is 8.06. The Kier molecular flexibility index (Phi) is 2.68. The van der Waals surface area contributed by atoms with Crippen molar-refractivity contribution in [1.82, 2.24) is 0 Å². The fraction of sp³-hybridized carbons (Fsp3) is 0.231. The number of hydrogen-bond acceptors (Lipinski definition) is 1. The van der Waals surface area contributed by atoms with Crippen LogP contribution in [0, 0.1) is 5.92 Å². The lowest BCUT2D eigenvalue weighted by atomic mass is 9.93. The molecule has 0 radical (unpaired) electrons. The molecule has 0 fully saturated rings. The van der Waals surface area contributed by atoms with E-state index in [1.54, 1.807) is 6.07 Å². The Hall–Kier alpha value is -1.50. The van der Waals surface area contributed by atoms with Crippen molar-refractivity contribution < 1.29 is 5.11 Å². The maximum atomic E-state index is 9.31. The summed E-state index contributed by atoms with van der Waals surface area (Å²) in [6, 6.07) is 7.51. The van der Waals surface area contributed by atoms with E-state index in [0.29, 0.717) is 11.7 Å². The number of allylic oxidation sites excluding steroid dienone is 4. The van der Waals surface area contributed by atoms with Crippen LogP contribution in [-0.4, -0.2) is 5.11 Å². The summed E-state index contributed by atoms with van der Waals surface area (Å²) >= 11 is 0. The average molecular weight is 186 g/mol. The summed E-state index contributed by atoms with van der Waals surface area (Å²) in [5, 5.41) is 9.31. The molecule has 14 heavy (non-hydrogen) atoms. The zero-order valence-corrected chi connectivity index (χ0v) is 8.06. The molecule has 0 amide bonds. The third-order valence-electron chi connectivity index (χ3n) is 2.48. The van der Waals surface area contributed by atoms with E-state index in [1.807, 2.05) is 12.1 Å². The molecule has 0 saturated heterocycles. The van der Waals surface area contributed by atoms with Gasteiger partial charge in [0.2, 0.25) is 0 Å². The molecule has 1 aromatic carbocycles. The molecule has 0 unspecified atom stereocenters. The number of hydrogen-bond donors (Lipinski definition) is 1. The Balaban J connectivity index is 2.04. The highest BCUT2D eigenvalue weighted by Gasteiger charge is 2.06. The lowest BCUT2D eigenvalue weighted by molar-refractivity contribution is 0.474. The number of phenols is 1. The summed E-state index contributed by atoms with van der Waals surface area (Å²) < 4.78 is 0. The van der Waals surface area contributed by atoms with E-state index >= 15 is 0 Å². The van der Waals surface area contributed by atoms with Gasteiger partial charge in [0.1, 0.15) is 5.75 Å². The van der Waals surface area contributed by atoms with Crippen molar-refractivity contribution in [3.63, 3.8) is 0 Å². The van der Waals surface area contributed by atoms with Crippen LogP contribution in [0.4, 0.5) is 0 Å².